The monoisotopic (exact) mass is 783 g/mol. The van der Waals surface area contributed by atoms with E-state index in [2.05, 4.69) is 164 Å². The molecule has 2 aromatic heterocycles. The Labute approximate surface area is 354 Å². The molecule has 5 aliphatic rings. The largest absolute Gasteiger partial charge is 0.456 e. The Balaban J connectivity index is 0.947. The molecule has 0 amide bonds. The lowest BCUT2D eigenvalue weighted by atomic mass is 9.43. The number of hydrogen-bond acceptors (Lipinski definition) is 4. The molecule has 0 N–H and O–H groups in total. The van der Waals surface area contributed by atoms with Crippen molar-refractivity contribution in [2.75, 3.05) is 0 Å². The van der Waals surface area contributed by atoms with E-state index in [0.29, 0.717) is 29.3 Å². The van der Waals surface area contributed by atoms with Gasteiger partial charge in [0.1, 0.15) is 11.2 Å². The molecule has 0 atom stereocenters. The molecule has 15 rings (SSSR count). The summed E-state index contributed by atoms with van der Waals surface area (Å²) >= 11 is 0. The molecule has 0 radical (unpaired) electrons. The minimum absolute atomic E-state index is 0.101. The molecule has 2 heterocycles. The summed E-state index contributed by atoms with van der Waals surface area (Å²) in [5, 5.41) is 6.87. The van der Waals surface area contributed by atoms with Gasteiger partial charge in [0.2, 0.25) is 0 Å². The fraction of sp³-hybridized carbons (Fsp3) is 0.175. The topological polar surface area (TPSA) is 51.8 Å². The zero-order valence-electron chi connectivity index (χ0n) is 33.7. The summed E-state index contributed by atoms with van der Waals surface area (Å²) in [4.78, 5) is 15.7. The first-order chi connectivity index (χ1) is 30.2. The maximum absolute atomic E-state index is 6.91. The molecular weight excluding hydrogens is 743 g/mol. The van der Waals surface area contributed by atoms with Crippen LogP contribution in [0.1, 0.15) is 43.2 Å². The zero-order chi connectivity index (χ0) is 39.8. The first kappa shape index (κ1) is 33.9. The predicted octanol–water partition coefficient (Wildman–Crippen LogP) is 14.5. The van der Waals surface area contributed by atoms with Crippen molar-refractivity contribution < 1.29 is 4.42 Å². The molecule has 4 bridgehead atoms. The zero-order valence-corrected chi connectivity index (χ0v) is 33.7. The lowest BCUT2D eigenvalue weighted by Gasteiger charge is -2.61. The average Bonchev–Trinajstić information content (AvgIpc) is 3.82. The van der Waals surface area contributed by atoms with E-state index in [1.54, 1.807) is 5.56 Å². The van der Waals surface area contributed by atoms with Gasteiger partial charge >= 0.3 is 0 Å². The Kier molecular flexibility index (Phi) is 6.97. The highest BCUT2D eigenvalue weighted by atomic mass is 16.3. The molecule has 0 unspecified atom stereocenters. The van der Waals surface area contributed by atoms with E-state index in [1.165, 1.54) is 54.2 Å². The Bertz CT molecular complexity index is 3330. The highest BCUT2D eigenvalue weighted by molar-refractivity contribution is 6.14. The number of aromatic nitrogens is 3. The lowest BCUT2D eigenvalue weighted by Crippen LogP contribution is -2.55. The SMILES string of the molecule is c1cc(-c2nc(-c3cccc4ccccc34)nc(-c3cccc4ccccc34)n2)cc(-c2cccc3oc4cc5c(cc4c23)-c2ccccc2C52C3CC4CC(C3)CC2C4)c1. The summed E-state index contributed by atoms with van der Waals surface area (Å²) in [6.45, 7) is 0. The van der Waals surface area contributed by atoms with Gasteiger partial charge in [-0.1, -0.05) is 140 Å². The summed E-state index contributed by atoms with van der Waals surface area (Å²) in [6.07, 6.45) is 6.93. The number of hydrogen-bond donors (Lipinski definition) is 0. The van der Waals surface area contributed by atoms with E-state index in [-0.39, 0.29) is 5.41 Å². The first-order valence-corrected chi connectivity index (χ1v) is 22.1. The van der Waals surface area contributed by atoms with E-state index in [4.69, 9.17) is 19.4 Å². The third-order valence-electron chi connectivity index (χ3n) is 15.3. The van der Waals surface area contributed by atoms with Crippen molar-refractivity contribution in [1.29, 1.82) is 0 Å². The van der Waals surface area contributed by atoms with Crippen LogP contribution >= 0.6 is 0 Å². The number of fused-ring (bicyclic) bond motifs is 8. The Morgan fingerprint density at radius 2 is 0.951 bits per heavy atom. The average molecular weight is 784 g/mol. The quantitative estimate of drug-likeness (QED) is 0.178. The molecule has 0 aliphatic heterocycles. The standard InChI is InChI=1S/C57H41N3O/c1-3-17-41-35(11-1)13-8-21-45(41)55-58-54(59-56(60-55)46-22-9-14-36-12-2-4-18-42(36)46)38-16-7-15-37(30-38)43-20-10-24-51-53(43)48-31-47-44-19-5-6-23-49(44)57(50(47)32-52(48)61-51)39-26-33-25-34(28-39)29-40(57)27-33/h1-24,30-34,39-40H,25-29H2. The van der Waals surface area contributed by atoms with Gasteiger partial charge in [0.25, 0.3) is 0 Å². The van der Waals surface area contributed by atoms with Crippen molar-refractivity contribution in [3.05, 3.63) is 175 Å². The highest BCUT2D eigenvalue weighted by Gasteiger charge is 2.61. The minimum atomic E-state index is 0.101. The van der Waals surface area contributed by atoms with Crippen LogP contribution in [0, 0.1) is 23.7 Å². The van der Waals surface area contributed by atoms with Crippen LogP contribution in [0.25, 0.3) is 99.9 Å². The van der Waals surface area contributed by atoms with Crippen LogP contribution in [0.3, 0.4) is 0 Å². The Morgan fingerprint density at radius 1 is 0.393 bits per heavy atom. The van der Waals surface area contributed by atoms with Crippen LogP contribution in [0.2, 0.25) is 0 Å². The lowest BCUT2D eigenvalue weighted by molar-refractivity contribution is -0.0399. The fourth-order valence-corrected chi connectivity index (χ4v) is 13.1. The maximum Gasteiger partial charge on any atom is 0.164 e. The number of rotatable bonds is 4. The van der Waals surface area contributed by atoms with Crippen LogP contribution < -0.4 is 0 Å². The van der Waals surface area contributed by atoms with Crippen molar-refractivity contribution in [1.82, 2.24) is 15.0 Å². The van der Waals surface area contributed by atoms with E-state index < -0.39 is 0 Å². The van der Waals surface area contributed by atoms with E-state index >= 15 is 0 Å². The van der Waals surface area contributed by atoms with Crippen molar-refractivity contribution in [2.45, 2.75) is 37.5 Å². The normalized spacial score (nSPS) is 22.2. The van der Waals surface area contributed by atoms with Crippen molar-refractivity contribution in [3.63, 3.8) is 0 Å². The molecule has 61 heavy (non-hydrogen) atoms. The Hall–Kier alpha value is -6.91. The summed E-state index contributed by atoms with van der Waals surface area (Å²) in [6, 6.07) is 59.2. The number of benzene rings is 8. The fourth-order valence-electron chi connectivity index (χ4n) is 13.1. The highest BCUT2D eigenvalue weighted by Crippen LogP contribution is 2.69. The van der Waals surface area contributed by atoms with Gasteiger partial charge in [-0.15, -0.1) is 0 Å². The van der Waals surface area contributed by atoms with Gasteiger partial charge in [-0.2, -0.15) is 0 Å². The summed E-state index contributed by atoms with van der Waals surface area (Å²) in [5.74, 6) is 5.19. The molecule has 5 aliphatic carbocycles. The third kappa shape index (κ3) is 4.79. The number of furan rings is 1. The van der Waals surface area contributed by atoms with Crippen LogP contribution in [0.4, 0.5) is 0 Å². The van der Waals surface area contributed by atoms with Gasteiger partial charge in [-0.3, -0.25) is 0 Å². The van der Waals surface area contributed by atoms with Gasteiger partial charge in [-0.05, 0) is 135 Å². The van der Waals surface area contributed by atoms with E-state index in [1.807, 2.05) is 0 Å². The minimum Gasteiger partial charge on any atom is -0.456 e. The molecule has 4 heteroatoms. The van der Waals surface area contributed by atoms with Crippen molar-refractivity contribution in [3.8, 4) is 56.4 Å². The molecular formula is C57H41N3O. The molecule has 0 saturated heterocycles. The molecule has 4 nitrogen and oxygen atoms in total. The van der Waals surface area contributed by atoms with Gasteiger partial charge < -0.3 is 4.42 Å². The van der Waals surface area contributed by atoms with E-state index in [9.17, 15) is 0 Å². The summed E-state index contributed by atoms with van der Waals surface area (Å²) in [5.41, 5.74) is 13.1. The molecule has 10 aromatic rings. The molecule has 8 aromatic carbocycles. The Morgan fingerprint density at radius 3 is 1.67 bits per heavy atom. The third-order valence-corrected chi connectivity index (χ3v) is 15.3. The van der Waals surface area contributed by atoms with Gasteiger partial charge in [-0.25, -0.2) is 15.0 Å². The molecule has 4 fully saturated rings. The van der Waals surface area contributed by atoms with Crippen molar-refractivity contribution >= 4 is 43.5 Å². The second-order valence-electron chi connectivity index (χ2n) is 18.3. The molecule has 4 saturated carbocycles. The van der Waals surface area contributed by atoms with Crippen molar-refractivity contribution in [2.24, 2.45) is 23.7 Å². The van der Waals surface area contributed by atoms with Crippen LogP contribution in [0.5, 0.6) is 0 Å². The van der Waals surface area contributed by atoms with Gasteiger partial charge in [0.15, 0.2) is 17.5 Å². The smallest absolute Gasteiger partial charge is 0.164 e. The second kappa shape index (κ2) is 12.6. The first-order valence-electron chi connectivity index (χ1n) is 22.1. The molecule has 290 valence electrons. The predicted molar refractivity (Wildman–Crippen MR) is 247 cm³/mol. The van der Waals surface area contributed by atoms with Gasteiger partial charge in [0.05, 0.1) is 0 Å². The summed E-state index contributed by atoms with van der Waals surface area (Å²) in [7, 11) is 0. The second-order valence-corrected chi connectivity index (χ2v) is 18.3. The molecule has 1 spiro atoms. The number of nitrogens with zero attached hydrogens (tertiary/aromatic N) is 3. The van der Waals surface area contributed by atoms with Gasteiger partial charge in [0, 0.05) is 32.9 Å². The van der Waals surface area contributed by atoms with Crippen LogP contribution in [0.15, 0.2) is 168 Å². The summed E-state index contributed by atoms with van der Waals surface area (Å²) < 4.78 is 6.91. The van der Waals surface area contributed by atoms with Crippen LogP contribution in [-0.2, 0) is 5.41 Å². The maximum atomic E-state index is 6.91. The van der Waals surface area contributed by atoms with E-state index in [0.717, 1.165) is 77.8 Å². The van der Waals surface area contributed by atoms with Crippen LogP contribution in [-0.4, -0.2) is 15.0 Å².